The average Bonchev–Trinajstić information content (AvgIpc) is 2.78. The molecule has 1 aromatic rings. The first-order valence-electron chi connectivity index (χ1n) is 10.5. The van der Waals surface area contributed by atoms with Gasteiger partial charge in [-0.2, -0.15) is 0 Å². The van der Waals surface area contributed by atoms with Crippen molar-refractivity contribution in [2.24, 2.45) is 0 Å². The Hall–Kier alpha value is -2.71. The van der Waals surface area contributed by atoms with Gasteiger partial charge in [0, 0.05) is 12.2 Å². The summed E-state index contributed by atoms with van der Waals surface area (Å²) < 4.78 is 75.4. The lowest BCUT2D eigenvalue weighted by molar-refractivity contribution is -0.140. The first kappa shape index (κ1) is 27.3. The molecule has 0 amide bonds. The highest BCUT2D eigenvalue weighted by Crippen LogP contribution is 2.23. The molecule has 0 saturated carbocycles. The van der Waals surface area contributed by atoms with Gasteiger partial charge in [0.2, 0.25) is 5.82 Å². The lowest BCUT2D eigenvalue weighted by Crippen LogP contribution is -2.11. The van der Waals surface area contributed by atoms with Gasteiger partial charge in [-0.1, -0.05) is 57.6 Å². The molecule has 32 heavy (non-hydrogen) atoms. The summed E-state index contributed by atoms with van der Waals surface area (Å²) in [6.45, 7) is 0.969. The summed E-state index contributed by atoms with van der Waals surface area (Å²) in [5.41, 5.74) is -1.29. The van der Waals surface area contributed by atoms with Gasteiger partial charge in [-0.25, -0.2) is 31.5 Å². The summed E-state index contributed by atoms with van der Waals surface area (Å²) in [5.74, 6) is -12.9. The molecule has 1 rings (SSSR count). The Morgan fingerprint density at radius 1 is 0.688 bits per heavy atom. The zero-order valence-electron chi connectivity index (χ0n) is 17.9. The van der Waals surface area contributed by atoms with Crippen molar-refractivity contribution in [1.82, 2.24) is 0 Å². The molecule has 0 aliphatic heterocycles. The van der Waals surface area contributed by atoms with Crippen molar-refractivity contribution < 1.29 is 41.0 Å². The van der Waals surface area contributed by atoms with Gasteiger partial charge >= 0.3 is 11.9 Å². The zero-order valence-corrected chi connectivity index (χ0v) is 17.9. The topological polar surface area (TPSA) is 52.6 Å². The number of rotatable bonds is 14. The predicted octanol–water partition coefficient (Wildman–Crippen LogP) is 6.22. The quantitative estimate of drug-likeness (QED) is 0.0626. The summed E-state index contributed by atoms with van der Waals surface area (Å²) in [7, 11) is 0. The number of halogens is 5. The Morgan fingerprint density at radius 3 is 1.78 bits per heavy atom. The van der Waals surface area contributed by atoms with Gasteiger partial charge in [0.15, 0.2) is 23.3 Å². The van der Waals surface area contributed by atoms with Crippen molar-refractivity contribution in [2.45, 2.75) is 64.9 Å². The van der Waals surface area contributed by atoms with Crippen LogP contribution in [-0.4, -0.2) is 18.5 Å². The highest BCUT2D eigenvalue weighted by Gasteiger charge is 2.26. The maximum Gasteiger partial charge on any atom is 0.331 e. The minimum Gasteiger partial charge on any atom is -0.458 e. The molecule has 0 aliphatic carbocycles. The van der Waals surface area contributed by atoms with E-state index < -0.39 is 53.2 Å². The monoisotopic (exact) mass is 462 g/mol. The minimum absolute atomic E-state index is 0.000718. The first-order chi connectivity index (χ1) is 15.3. The van der Waals surface area contributed by atoms with Crippen LogP contribution in [-0.2, 0) is 25.7 Å². The van der Waals surface area contributed by atoms with E-state index in [1.54, 1.807) is 6.08 Å². The highest BCUT2D eigenvalue weighted by molar-refractivity contribution is 5.91. The average molecular weight is 462 g/mol. The van der Waals surface area contributed by atoms with Gasteiger partial charge in [-0.15, -0.1) is 0 Å². The Bertz CT molecular complexity index is 792. The summed E-state index contributed by atoms with van der Waals surface area (Å²) in [6.07, 6.45) is 14.2. The largest absolute Gasteiger partial charge is 0.458 e. The van der Waals surface area contributed by atoms with Gasteiger partial charge in [-0.05, 0) is 12.8 Å². The van der Waals surface area contributed by atoms with Crippen LogP contribution in [0.2, 0.25) is 0 Å². The molecular weight excluding hydrogens is 435 g/mol. The fourth-order valence-electron chi connectivity index (χ4n) is 2.69. The molecule has 0 unspecified atom stereocenters. The number of allylic oxidation sites excluding steroid dienone is 1. The van der Waals surface area contributed by atoms with E-state index in [0.29, 0.717) is 6.08 Å². The number of carbonyl (C=O) groups excluding carboxylic acids is 2. The summed E-state index contributed by atoms with van der Waals surface area (Å²) in [6, 6.07) is 0. The number of benzene rings is 1. The second-order valence-corrected chi connectivity index (χ2v) is 7.00. The van der Waals surface area contributed by atoms with E-state index >= 15 is 0 Å². The van der Waals surface area contributed by atoms with Gasteiger partial charge in [0.1, 0.15) is 13.2 Å². The van der Waals surface area contributed by atoms with Gasteiger partial charge in [0.05, 0.1) is 5.56 Å². The normalized spacial score (nSPS) is 11.4. The number of esters is 2. The molecular formula is C23H27F5O4. The highest BCUT2D eigenvalue weighted by atomic mass is 19.2. The standard InChI is InChI=1S/C23H27F5O4/c1-2-3-4-5-6-7-8-9-10-11-14-31-17(29)12-13-18(30)32-15-16-19(24)21(26)23(28)22(27)20(16)25/h10-13H,2-9,14-15H2,1H3/b11-10+,13-12+. The van der Waals surface area contributed by atoms with E-state index in [0.717, 1.165) is 25.3 Å². The van der Waals surface area contributed by atoms with Gasteiger partial charge in [0.25, 0.3) is 0 Å². The molecule has 0 heterocycles. The van der Waals surface area contributed by atoms with Crippen LogP contribution in [0.1, 0.15) is 63.9 Å². The molecule has 0 N–H and O–H groups in total. The van der Waals surface area contributed by atoms with Gasteiger partial charge < -0.3 is 9.47 Å². The Kier molecular flexibility index (Phi) is 12.9. The van der Waals surface area contributed by atoms with Crippen molar-refractivity contribution in [3.8, 4) is 0 Å². The number of hydrogen-bond acceptors (Lipinski definition) is 4. The van der Waals surface area contributed by atoms with Crippen LogP contribution in [0.3, 0.4) is 0 Å². The van der Waals surface area contributed by atoms with E-state index in [2.05, 4.69) is 11.7 Å². The molecule has 0 saturated heterocycles. The van der Waals surface area contributed by atoms with E-state index in [-0.39, 0.29) is 6.61 Å². The van der Waals surface area contributed by atoms with Gasteiger partial charge in [-0.3, -0.25) is 0 Å². The van der Waals surface area contributed by atoms with E-state index in [4.69, 9.17) is 4.74 Å². The minimum atomic E-state index is -2.31. The Labute approximate surface area is 184 Å². The second kappa shape index (κ2) is 15.2. The molecule has 178 valence electrons. The number of hydrogen-bond donors (Lipinski definition) is 0. The van der Waals surface area contributed by atoms with Crippen molar-refractivity contribution in [2.75, 3.05) is 6.61 Å². The smallest absolute Gasteiger partial charge is 0.331 e. The van der Waals surface area contributed by atoms with Crippen LogP contribution < -0.4 is 0 Å². The van der Waals surface area contributed by atoms with Crippen LogP contribution in [0.15, 0.2) is 24.3 Å². The van der Waals surface area contributed by atoms with Crippen LogP contribution in [0.25, 0.3) is 0 Å². The van der Waals surface area contributed by atoms with Crippen LogP contribution >= 0.6 is 0 Å². The maximum atomic E-state index is 13.5. The van der Waals surface area contributed by atoms with Crippen molar-refractivity contribution >= 4 is 11.9 Å². The molecule has 0 fully saturated rings. The maximum absolute atomic E-state index is 13.5. The summed E-state index contributed by atoms with van der Waals surface area (Å²) in [5, 5.41) is 0. The molecule has 0 radical (unpaired) electrons. The fraction of sp³-hybridized carbons (Fsp3) is 0.478. The third kappa shape index (κ3) is 9.62. The van der Waals surface area contributed by atoms with Crippen molar-refractivity contribution in [1.29, 1.82) is 0 Å². The lowest BCUT2D eigenvalue weighted by Gasteiger charge is -2.08. The van der Waals surface area contributed by atoms with Crippen LogP contribution in [0.5, 0.6) is 0 Å². The third-order valence-electron chi connectivity index (χ3n) is 4.48. The van der Waals surface area contributed by atoms with E-state index in [1.165, 1.54) is 32.1 Å². The summed E-state index contributed by atoms with van der Waals surface area (Å²) >= 11 is 0. The van der Waals surface area contributed by atoms with E-state index in [1.807, 2.05) is 6.08 Å². The van der Waals surface area contributed by atoms with E-state index in [9.17, 15) is 31.5 Å². The first-order valence-corrected chi connectivity index (χ1v) is 10.5. The lowest BCUT2D eigenvalue weighted by atomic mass is 10.1. The predicted molar refractivity (Wildman–Crippen MR) is 108 cm³/mol. The molecule has 0 atom stereocenters. The second-order valence-electron chi connectivity index (χ2n) is 7.00. The Morgan fingerprint density at radius 2 is 1.19 bits per heavy atom. The molecule has 0 aliphatic rings. The molecule has 0 spiro atoms. The van der Waals surface area contributed by atoms with Crippen molar-refractivity contribution in [3.63, 3.8) is 0 Å². The number of carbonyl (C=O) groups is 2. The number of unbranched alkanes of at least 4 members (excludes halogenated alkanes) is 7. The van der Waals surface area contributed by atoms with Crippen LogP contribution in [0, 0.1) is 29.1 Å². The number of ether oxygens (including phenoxy) is 2. The molecule has 9 heteroatoms. The Balaban J connectivity index is 2.29. The zero-order chi connectivity index (χ0) is 23.9. The molecule has 0 aromatic heterocycles. The van der Waals surface area contributed by atoms with Crippen LogP contribution in [0.4, 0.5) is 22.0 Å². The fourth-order valence-corrected chi connectivity index (χ4v) is 2.69. The molecule has 1 aromatic carbocycles. The molecule has 0 bridgehead atoms. The third-order valence-corrected chi connectivity index (χ3v) is 4.48. The molecule has 4 nitrogen and oxygen atoms in total. The summed E-state index contributed by atoms with van der Waals surface area (Å²) in [4.78, 5) is 23.0. The van der Waals surface area contributed by atoms with Crippen molar-refractivity contribution in [3.05, 3.63) is 59.0 Å². The SMILES string of the molecule is CCCCCCCCC/C=C/COC(=O)/C=C/C(=O)OCc1c(F)c(F)c(F)c(F)c1F.